The maximum atomic E-state index is 12.5. The highest BCUT2D eigenvalue weighted by Gasteiger charge is 2.23. The van der Waals surface area contributed by atoms with Crippen LogP contribution in [0.1, 0.15) is 23.6 Å². The van der Waals surface area contributed by atoms with Gasteiger partial charge in [-0.05, 0) is 54.8 Å². The third-order valence-corrected chi connectivity index (χ3v) is 5.02. The molecule has 1 aliphatic rings. The van der Waals surface area contributed by atoms with Crippen molar-refractivity contribution < 1.29 is 28.6 Å². The van der Waals surface area contributed by atoms with Gasteiger partial charge in [0.1, 0.15) is 0 Å². The van der Waals surface area contributed by atoms with E-state index in [1.54, 1.807) is 32.3 Å². The van der Waals surface area contributed by atoms with Crippen LogP contribution in [0, 0.1) is 0 Å². The van der Waals surface area contributed by atoms with Crippen LogP contribution < -0.4 is 18.9 Å². The Morgan fingerprint density at radius 2 is 1.68 bits per heavy atom. The zero-order chi connectivity index (χ0) is 22.2. The first kappa shape index (κ1) is 22.3. The van der Waals surface area contributed by atoms with Gasteiger partial charge in [-0.25, -0.2) is 0 Å². The van der Waals surface area contributed by atoms with E-state index in [0.717, 1.165) is 23.1 Å². The highest BCUT2D eigenvalue weighted by atomic mass is 16.6. The summed E-state index contributed by atoms with van der Waals surface area (Å²) in [5.74, 6) is 2.51. The molecule has 0 saturated heterocycles. The second kappa shape index (κ2) is 10.6. The van der Waals surface area contributed by atoms with E-state index in [-0.39, 0.29) is 12.5 Å². The smallest absolute Gasteiger partial charge is 0.263 e. The Hall–Kier alpha value is -3.42. The average molecular weight is 428 g/mol. The monoisotopic (exact) mass is 428 g/mol. The van der Waals surface area contributed by atoms with E-state index in [1.165, 1.54) is 6.21 Å². The number of amides is 1. The third-order valence-electron chi connectivity index (χ3n) is 5.02. The summed E-state index contributed by atoms with van der Waals surface area (Å²) in [7, 11) is 4.79. The first-order chi connectivity index (χ1) is 15.1. The summed E-state index contributed by atoms with van der Waals surface area (Å²) >= 11 is 0. The van der Waals surface area contributed by atoms with Gasteiger partial charge in [0.15, 0.2) is 29.6 Å². The van der Waals surface area contributed by atoms with Crippen molar-refractivity contribution in [3.05, 3.63) is 47.0 Å². The van der Waals surface area contributed by atoms with Crippen LogP contribution in [0.5, 0.6) is 23.0 Å². The molecule has 0 aromatic heterocycles. The summed E-state index contributed by atoms with van der Waals surface area (Å²) < 4.78 is 21.5. The van der Waals surface area contributed by atoms with E-state index in [4.69, 9.17) is 23.8 Å². The van der Waals surface area contributed by atoms with Crippen LogP contribution >= 0.6 is 0 Å². The number of hydrogen-bond donors (Lipinski definition) is 0. The zero-order valence-corrected chi connectivity index (χ0v) is 18.3. The first-order valence-electron chi connectivity index (χ1n) is 10.1. The van der Waals surface area contributed by atoms with Crippen molar-refractivity contribution in [2.24, 2.45) is 5.16 Å². The summed E-state index contributed by atoms with van der Waals surface area (Å²) in [4.78, 5) is 19.5. The maximum absolute atomic E-state index is 12.5. The maximum Gasteiger partial charge on any atom is 0.263 e. The van der Waals surface area contributed by atoms with Crippen LogP contribution in [-0.4, -0.2) is 58.1 Å². The molecule has 1 aliphatic heterocycles. The molecule has 8 nitrogen and oxygen atoms in total. The zero-order valence-electron chi connectivity index (χ0n) is 18.3. The van der Waals surface area contributed by atoms with Gasteiger partial charge in [-0.1, -0.05) is 5.16 Å². The second-order valence-electron chi connectivity index (χ2n) is 6.89. The Morgan fingerprint density at radius 3 is 2.35 bits per heavy atom. The number of nitrogens with zero attached hydrogens (tertiary/aromatic N) is 2. The van der Waals surface area contributed by atoms with Crippen LogP contribution in [0.2, 0.25) is 0 Å². The van der Waals surface area contributed by atoms with Gasteiger partial charge in [-0.2, -0.15) is 0 Å². The molecular weight excluding hydrogens is 400 g/mol. The molecule has 2 aromatic rings. The SMILES string of the molecule is CCOc1ccc(/C=N/OCC(=O)N2CCc3cc(OC)c(OC)cc3C2)cc1OC. The highest BCUT2D eigenvalue weighted by molar-refractivity contribution is 5.81. The summed E-state index contributed by atoms with van der Waals surface area (Å²) in [6.07, 6.45) is 2.28. The lowest BCUT2D eigenvalue weighted by Crippen LogP contribution is -2.38. The molecule has 0 radical (unpaired) electrons. The number of fused-ring (bicyclic) bond motifs is 1. The summed E-state index contributed by atoms with van der Waals surface area (Å²) in [6, 6.07) is 9.34. The number of ether oxygens (including phenoxy) is 4. The first-order valence-corrected chi connectivity index (χ1v) is 10.1. The molecule has 8 heteroatoms. The Labute approximate surface area is 182 Å². The number of rotatable bonds is 9. The van der Waals surface area contributed by atoms with Crippen LogP contribution in [-0.2, 0) is 22.6 Å². The fraction of sp³-hybridized carbons (Fsp3) is 0.391. The molecule has 166 valence electrons. The minimum Gasteiger partial charge on any atom is -0.493 e. The van der Waals surface area contributed by atoms with E-state index in [9.17, 15) is 4.79 Å². The van der Waals surface area contributed by atoms with Gasteiger partial charge < -0.3 is 28.7 Å². The van der Waals surface area contributed by atoms with Crippen molar-refractivity contribution in [2.75, 3.05) is 41.1 Å². The molecule has 0 fully saturated rings. The third kappa shape index (κ3) is 5.39. The highest BCUT2D eigenvalue weighted by Crippen LogP contribution is 2.33. The van der Waals surface area contributed by atoms with Crippen molar-refractivity contribution >= 4 is 12.1 Å². The normalized spacial score (nSPS) is 13.0. The summed E-state index contributed by atoms with van der Waals surface area (Å²) in [5.41, 5.74) is 2.98. The predicted molar refractivity (Wildman–Crippen MR) is 116 cm³/mol. The molecule has 0 bridgehead atoms. The van der Waals surface area contributed by atoms with Crippen molar-refractivity contribution in [1.29, 1.82) is 0 Å². The van der Waals surface area contributed by atoms with Crippen molar-refractivity contribution in [2.45, 2.75) is 19.9 Å². The lowest BCUT2D eigenvalue weighted by atomic mass is 9.99. The molecule has 0 spiro atoms. The summed E-state index contributed by atoms with van der Waals surface area (Å²) in [6.45, 7) is 3.44. The van der Waals surface area contributed by atoms with Gasteiger partial charge in [-0.15, -0.1) is 0 Å². The van der Waals surface area contributed by atoms with Crippen LogP contribution in [0.25, 0.3) is 0 Å². The lowest BCUT2D eigenvalue weighted by molar-refractivity contribution is -0.137. The number of carbonyl (C=O) groups is 1. The van der Waals surface area contributed by atoms with Gasteiger partial charge in [0.25, 0.3) is 5.91 Å². The van der Waals surface area contributed by atoms with Gasteiger partial charge in [-0.3, -0.25) is 4.79 Å². The predicted octanol–water partition coefficient (Wildman–Crippen LogP) is 3.05. The van der Waals surface area contributed by atoms with Crippen LogP contribution in [0.3, 0.4) is 0 Å². The van der Waals surface area contributed by atoms with Crippen LogP contribution in [0.15, 0.2) is 35.5 Å². The van der Waals surface area contributed by atoms with Crippen molar-refractivity contribution in [3.8, 4) is 23.0 Å². The standard InChI is InChI=1S/C23H28N2O6/c1-5-30-19-7-6-16(10-20(19)27-2)13-24-31-15-23(26)25-9-8-17-11-21(28-3)22(29-4)12-18(17)14-25/h6-7,10-13H,5,8-9,14-15H2,1-4H3/b24-13+. The molecule has 1 heterocycles. The Balaban J connectivity index is 1.56. The van der Waals surface area contributed by atoms with Gasteiger partial charge in [0.2, 0.25) is 0 Å². The number of hydrogen-bond acceptors (Lipinski definition) is 7. The molecule has 0 saturated carbocycles. The molecule has 0 atom stereocenters. The Bertz CT molecular complexity index is 944. The number of methoxy groups -OCH3 is 3. The van der Waals surface area contributed by atoms with E-state index < -0.39 is 0 Å². The Morgan fingerprint density at radius 1 is 1.00 bits per heavy atom. The molecule has 0 N–H and O–H groups in total. The fourth-order valence-corrected chi connectivity index (χ4v) is 3.42. The number of oxime groups is 1. The van der Waals surface area contributed by atoms with Gasteiger partial charge in [0.05, 0.1) is 34.2 Å². The van der Waals surface area contributed by atoms with Crippen molar-refractivity contribution in [3.63, 3.8) is 0 Å². The average Bonchev–Trinajstić information content (AvgIpc) is 2.81. The molecule has 2 aromatic carbocycles. The van der Waals surface area contributed by atoms with Gasteiger partial charge >= 0.3 is 0 Å². The quantitative estimate of drug-likeness (QED) is 0.451. The largest absolute Gasteiger partial charge is 0.493 e. The van der Waals surface area contributed by atoms with E-state index in [1.807, 2.05) is 31.2 Å². The minimum absolute atomic E-state index is 0.123. The van der Waals surface area contributed by atoms with E-state index >= 15 is 0 Å². The van der Waals surface area contributed by atoms with E-state index in [2.05, 4.69) is 5.16 Å². The molecular formula is C23H28N2O6. The molecule has 31 heavy (non-hydrogen) atoms. The molecule has 0 unspecified atom stereocenters. The molecule has 1 amide bonds. The minimum atomic E-state index is -0.132. The van der Waals surface area contributed by atoms with Crippen molar-refractivity contribution in [1.82, 2.24) is 4.90 Å². The van der Waals surface area contributed by atoms with Crippen LogP contribution in [0.4, 0.5) is 0 Å². The topological polar surface area (TPSA) is 78.8 Å². The van der Waals surface area contributed by atoms with E-state index in [0.29, 0.717) is 42.7 Å². The Kier molecular flexibility index (Phi) is 7.59. The number of carbonyl (C=O) groups excluding carboxylic acids is 1. The summed E-state index contributed by atoms with van der Waals surface area (Å²) in [5, 5.41) is 3.92. The lowest BCUT2D eigenvalue weighted by Gasteiger charge is -2.29. The fourth-order valence-electron chi connectivity index (χ4n) is 3.42. The second-order valence-corrected chi connectivity index (χ2v) is 6.89. The van der Waals surface area contributed by atoms with Gasteiger partial charge in [0, 0.05) is 18.7 Å². The number of benzene rings is 2. The molecule has 0 aliphatic carbocycles. The molecule has 3 rings (SSSR count).